The number of sulfonamides is 1. The molecule has 152 valence electrons. The molecule has 0 radical (unpaired) electrons. The van der Waals surface area contributed by atoms with Crippen molar-refractivity contribution < 1.29 is 22.6 Å². The van der Waals surface area contributed by atoms with Crippen LogP contribution < -0.4 is 4.72 Å². The molecule has 8 nitrogen and oxygen atoms in total. The molecule has 0 aliphatic heterocycles. The van der Waals surface area contributed by atoms with Crippen LogP contribution in [0, 0.1) is 11.7 Å². The highest BCUT2D eigenvalue weighted by atomic mass is 79.9. The molecule has 0 atom stereocenters. The molecule has 0 unspecified atom stereocenters. The van der Waals surface area contributed by atoms with Crippen molar-refractivity contribution in [2.75, 3.05) is 7.05 Å². The van der Waals surface area contributed by atoms with E-state index in [1.807, 2.05) is 0 Å². The minimum absolute atomic E-state index is 0.225. The Bertz CT molecular complexity index is 973. The first-order valence-corrected chi connectivity index (χ1v) is 11.1. The number of hydrogen-bond donors (Lipinski definition) is 2. The Morgan fingerprint density at radius 2 is 2.18 bits per heavy atom. The number of aromatic nitrogens is 2. The van der Waals surface area contributed by atoms with Gasteiger partial charge in [0.25, 0.3) is 0 Å². The Hall–Kier alpha value is -1.85. The summed E-state index contributed by atoms with van der Waals surface area (Å²) >= 11 is 3.13. The quantitative estimate of drug-likeness (QED) is 0.345. The Labute approximate surface area is 170 Å². The van der Waals surface area contributed by atoms with Gasteiger partial charge in [0.05, 0.1) is 9.72 Å². The van der Waals surface area contributed by atoms with E-state index in [0.29, 0.717) is 35.1 Å². The van der Waals surface area contributed by atoms with Crippen LogP contribution in [0.3, 0.4) is 0 Å². The molecule has 2 aromatic rings. The van der Waals surface area contributed by atoms with Crippen LogP contribution in [0.4, 0.5) is 4.39 Å². The molecule has 11 heteroatoms. The number of hydrogen-bond acceptors (Lipinski definition) is 7. The Morgan fingerprint density at radius 1 is 1.43 bits per heavy atom. The maximum absolute atomic E-state index is 13.4. The molecule has 0 amide bonds. The molecule has 28 heavy (non-hydrogen) atoms. The van der Waals surface area contributed by atoms with Crippen LogP contribution in [0.1, 0.15) is 36.2 Å². The molecule has 2 N–H and O–H groups in total. The highest BCUT2D eigenvalue weighted by Crippen LogP contribution is 2.35. The van der Waals surface area contributed by atoms with Gasteiger partial charge in [-0.3, -0.25) is 0 Å². The van der Waals surface area contributed by atoms with Crippen molar-refractivity contribution in [3.05, 3.63) is 45.4 Å². The van der Waals surface area contributed by atoms with Crippen molar-refractivity contribution in [1.29, 1.82) is 0 Å². The summed E-state index contributed by atoms with van der Waals surface area (Å²) in [6.45, 7) is 0. The first kappa shape index (κ1) is 20.9. The summed E-state index contributed by atoms with van der Waals surface area (Å²) in [6, 6.07) is 4.52. The monoisotopic (exact) mass is 474 g/mol. The molecular weight excluding hydrogens is 455 g/mol. The summed E-state index contributed by atoms with van der Waals surface area (Å²) in [5.74, 6) is -0.102. The lowest BCUT2D eigenvalue weighted by Gasteiger charge is -2.34. The van der Waals surface area contributed by atoms with Gasteiger partial charge in [0.2, 0.25) is 10.0 Å². The molecule has 0 spiro atoms. The zero-order valence-electron chi connectivity index (χ0n) is 15.1. The predicted octanol–water partition coefficient (Wildman–Crippen LogP) is 2.65. The number of aryl methyl sites for hydroxylation is 1. The van der Waals surface area contributed by atoms with Crippen LogP contribution >= 0.6 is 15.9 Å². The maximum Gasteiger partial charge on any atom is 0.214 e. The maximum atomic E-state index is 13.4. The molecule has 1 aliphatic carbocycles. The van der Waals surface area contributed by atoms with Gasteiger partial charge in [0.1, 0.15) is 17.2 Å². The van der Waals surface area contributed by atoms with E-state index in [0.717, 1.165) is 12.0 Å². The lowest BCUT2D eigenvalue weighted by atomic mass is 9.81. The average molecular weight is 475 g/mol. The van der Waals surface area contributed by atoms with E-state index in [2.05, 4.69) is 36.1 Å². The van der Waals surface area contributed by atoms with Gasteiger partial charge in [0.15, 0.2) is 5.69 Å². The Morgan fingerprint density at radius 3 is 2.82 bits per heavy atom. The van der Waals surface area contributed by atoms with Gasteiger partial charge in [-0.1, -0.05) is 16.4 Å². The number of rotatable bonds is 8. The third-order valence-corrected chi connectivity index (χ3v) is 7.45. The van der Waals surface area contributed by atoms with E-state index in [1.54, 1.807) is 12.1 Å². The van der Waals surface area contributed by atoms with Crippen LogP contribution in [0.2, 0.25) is 0 Å². The third-order valence-electron chi connectivity index (χ3n) is 5.01. The lowest BCUT2D eigenvalue weighted by Crippen LogP contribution is -2.41. The minimum Gasteiger partial charge on any atom is -0.411 e. The zero-order chi connectivity index (χ0) is 20.3. The zero-order valence-corrected chi connectivity index (χ0v) is 17.5. The van der Waals surface area contributed by atoms with Crippen molar-refractivity contribution in [3.63, 3.8) is 0 Å². The first-order chi connectivity index (χ1) is 13.3. The SMILES string of the molecule is CNS(=O)(=O)C1CC(CCc2nonc2/C(Cc2ccc(F)c(Br)c2)=N/O)C1. The summed E-state index contributed by atoms with van der Waals surface area (Å²) in [7, 11) is -1.79. The largest absolute Gasteiger partial charge is 0.411 e. The van der Waals surface area contributed by atoms with Crippen molar-refractivity contribution >= 4 is 31.7 Å². The molecule has 1 heterocycles. The van der Waals surface area contributed by atoms with Crippen LogP contribution in [0.5, 0.6) is 0 Å². The lowest BCUT2D eigenvalue weighted by molar-refractivity contribution is 0.285. The second-order valence-corrected chi connectivity index (χ2v) is 9.80. The molecule has 1 aliphatic rings. The third kappa shape index (κ3) is 4.58. The fourth-order valence-corrected chi connectivity index (χ4v) is 5.08. The van der Waals surface area contributed by atoms with E-state index in [-0.39, 0.29) is 29.1 Å². The number of oxime groups is 1. The fourth-order valence-electron chi connectivity index (χ4n) is 3.27. The second kappa shape index (κ2) is 8.66. The van der Waals surface area contributed by atoms with Gasteiger partial charge in [-0.2, -0.15) is 0 Å². The van der Waals surface area contributed by atoms with Gasteiger partial charge in [-0.05, 0) is 77.4 Å². The molecular formula is C17H20BrFN4O4S. The standard InChI is InChI=1S/C17H20BrFN4O4S/c1-20-28(25,26)12-6-10(7-12)3-5-15-17(23-27-22-15)16(21-24)9-11-2-4-14(19)13(18)8-11/h2,4,8,10,12,20,24H,3,5-7,9H2,1H3/b21-16+. The molecule has 1 aromatic carbocycles. The summed E-state index contributed by atoms with van der Waals surface area (Å²) < 4.78 is 44.4. The van der Waals surface area contributed by atoms with Crippen molar-refractivity contribution in [3.8, 4) is 0 Å². The molecule has 0 bridgehead atoms. The number of halogens is 2. The summed E-state index contributed by atoms with van der Waals surface area (Å²) in [6.07, 6.45) is 2.70. The molecule has 1 fully saturated rings. The highest BCUT2D eigenvalue weighted by molar-refractivity contribution is 9.10. The first-order valence-electron chi connectivity index (χ1n) is 8.73. The minimum atomic E-state index is -3.21. The van der Waals surface area contributed by atoms with Gasteiger partial charge in [0, 0.05) is 6.42 Å². The van der Waals surface area contributed by atoms with Crippen LogP contribution in [-0.2, 0) is 22.9 Å². The summed E-state index contributed by atoms with van der Waals surface area (Å²) in [5, 5.41) is 20.1. The van der Waals surface area contributed by atoms with Crippen molar-refractivity contribution in [2.45, 2.75) is 37.4 Å². The predicted molar refractivity (Wildman–Crippen MR) is 103 cm³/mol. The van der Waals surface area contributed by atoms with Crippen LogP contribution in [-0.4, -0.2) is 41.9 Å². The number of nitrogens with one attached hydrogen (secondary N) is 1. The summed E-state index contributed by atoms with van der Waals surface area (Å²) in [4.78, 5) is 0. The van der Waals surface area contributed by atoms with E-state index in [9.17, 15) is 18.0 Å². The van der Waals surface area contributed by atoms with Crippen LogP contribution in [0.25, 0.3) is 0 Å². The second-order valence-electron chi connectivity index (χ2n) is 6.78. The Balaban J connectivity index is 1.62. The van der Waals surface area contributed by atoms with Crippen molar-refractivity contribution in [2.24, 2.45) is 11.1 Å². The number of nitrogens with zero attached hydrogens (tertiary/aromatic N) is 3. The molecule has 1 saturated carbocycles. The van der Waals surface area contributed by atoms with Gasteiger partial charge >= 0.3 is 0 Å². The number of benzene rings is 1. The van der Waals surface area contributed by atoms with Crippen molar-refractivity contribution in [1.82, 2.24) is 15.0 Å². The topological polar surface area (TPSA) is 118 Å². The normalized spacial score (nSPS) is 20.2. The molecule has 0 saturated heterocycles. The highest BCUT2D eigenvalue weighted by Gasteiger charge is 2.37. The average Bonchev–Trinajstić information content (AvgIpc) is 3.09. The Kier molecular flexibility index (Phi) is 6.46. The fraction of sp³-hybridized carbons (Fsp3) is 0.471. The molecule has 1 aromatic heterocycles. The van der Waals surface area contributed by atoms with E-state index in [1.165, 1.54) is 13.1 Å². The van der Waals surface area contributed by atoms with E-state index < -0.39 is 10.0 Å². The molecule has 3 rings (SSSR count). The van der Waals surface area contributed by atoms with E-state index >= 15 is 0 Å². The smallest absolute Gasteiger partial charge is 0.214 e. The van der Waals surface area contributed by atoms with E-state index in [4.69, 9.17) is 4.63 Å². The van der Waals surface area contributed by atoms with Gasteiger partial charge < -0.3 is 5.21 Å². The van der Waals surface area contributed by atoms with Gasteiger partial charge in [-0.15, -0.1) is 0 Å². The summed E-state index contributed by atoms with van der Waals surface area (Å²) in [5.41, 5.74) is 1.89. The van der Waals surface area contributed by atoms with Crippen LogP contribution in [0.15, 0.2) is 32.5 Å². The van der Waals surface area contributed by atoms with Gasteiger partial charge in [-0.25, -0.2) is 22.2 Å².